The molecular formula is C11H15N3O3. The number of piperazine rings is 1. The van der Waals surface area contributed by atoms with Gasteiger partial charge in [0.25, 0.3) is 0 Å². The minimum absolute atomic E-state index is 0.0787. The van der Waals surface area contributed by atoms with Crippen molar-refractivity contribution in [2.75, 3.05) is 24.5 Å². The van der Waals surface area contributed by atoms with Gasteiger partial charge < -0.3 is 19.9 Å². The van der Waals surface area contributed by atoms with E-state index < -0.39 is 6.09 Å². The highest BCUT2D eigenvalue weighted by Crippen LogP contribution is 2.15. The fourth-order valence-electron chi connectivity index (χ4n) is 2.08. The molecule has 1 aliphatic heterocycles. The molecule has 0 bridgehead atoms. The van der Waals surface area contributed by atoms with Crippen LogP contribution in [0.1, 0.15) is 6.92 Å². The van der Waals surface area contributed by atoms with Crippen molar-refractivity contribution >= 4 is 11.9 Å². The molecule has 1 unspecified atom stereocenters. The third kappa shape index (κ3) is 2.41. The average molecular weight is 237 g/mol. The number of anilines is 1. The molecular weight excluding hydrogens is 222 g/mol. The number of hydrogen-bond acceptors (Lipinski definition) is 3. The van der Waals surface area contributed by atoms with Gasteiger partial charge in [-0.15, -0.1) is 0 Å². The molecule has 1 aromatic heterocycles. The van der Waals surface area contributed by atoms with Gasteiger partial charge >= 0.3 is 6.09 Å². The van der Waals surface area contributed by atoms with Crippen LogP contribution in [0.3, 0.4) is 0 Å². The molecule has 1 saturated heterocycles. The molecule has 0 radical (unpaired) electrons. The largest absolute Gasteiger partial charge is 0.465 e. The van der Waals surface area contributed by atoms with Gasteiger partial charge in [0.2, 0.25) is 5.56 Å². The van der Waals surface area contributed by atoms with E-state index in [0.29, 0.717) is 19.6 Å². The first kappa shape index (κ1) is 11.5. The maximum absolute atomic E-state index is 11.2. The lowest BCUT2D eigenvalue weighted by Gasteiger charge is -2.39. The third-order valence-corrected chi connectivity index (χ3v) is 2.97. The van der Waals surface area contributed by atoms with Crippen molar-refractivity contribution in [3.8, 4) is 0 Å². The lowest BCUT2D eigenvalue weighted by molar-refractivity contribution is 0.122. The first-order valence-electron chi connectivity index (χ1n) is 5.52. The van der Waals surface area contributed by atoms with Crippen LogP contribution >= 0.6 is 0 Å². The van der Waals surface area contributed by atoms with Crippen LogP contribution in [-0.2, 0) is 0 Å². The highest BCUT2D eigenvalue weighted by Gasteiger charge is 2.27. The fourth-order valence-corrected chi connectivity index (χ4v) is 2.08. The third-order valence-electron chi connectivity index (χ3n) is 2.97. The quantitative estimate of drug-likeness (QED) is 0.748. The number of carbonyl (C=O) groups is 1. The molecule has 1 fully saturated rings. The van der Waals surface area contributed by atoms with Gasteiger partial charge in [-0.05, 0) is 13.0 Å². The van der Waals surface area contributed by atoms with E-state index in [0.717, 1.165) is 5.82 Å². The predicted octanol–water partition coefficient (Wildman–Crippen LogP) is 0.563. The Morgan fingerprint density at radius 3 is 2.82 bits per heavy atom. The Morgan fingerprint density at radius 2 is 2.24 bits per heavy atom. The lowest BCUT2D eigenvalue weighted by Crippen LogP contribution is -2.54. The molecule has 1 amide bonds. The highest BCUT2D eigenvalue weighted by atomic mass is 16.4. The second-order valence-electron chi connectivity index (χ2n) is 4.17. The van der Waals surface area contributed by atoms with Gasteiger partial charge in [0.15, 0.2) is 0 Å². The van der Waals surface area contributed by atoms with Crippen molar-refractivity contribution in [1.29, 1.82) is 0 Å². The van der Waals surface area contributed by atoms with E-state index in [-0.39, 0.29) is 11.6 Å². The van der Waals surface area contributed by atoms with Crippen LogP contribution in [0.4, 0.5) is 10.6 Å². The van der Waals surface area contributed by atoms with Gasteiger partial charge in [-0.2, -0.15) is 0 Å². The van der Waals surface area contributed by atoms with Crippen molar-refractivity contribution in [1.82, 2.24) is 9.88 Å². The predicted molar refractivity (Wildman–Crippen MR) is 63.5 cm³/mol. The minimum Gasteiger partial charge on any atom is -0.465 e. The number of pyridine rings is 1. The van der Waals surface area contributed by atoms with Gasteiger partial charge in [-0.25, -0.2) is 4.79 Å². The number of carboxylic acid groups (broad SMARTS) is 1. The van der Waals surface area contributed by atoms with Crippen molar-refractivity contribution in [3.05, 3.63) is 28.6 Å². The summed E-state index contributed by atoms with van der Waals surface area (Å²) in [6.45, 7) is 3.50. The van der Waals surface area contributed by atoms with E-state index in [1.54, 1.807) is 6.07 Å². The van der Waals surface area contributed by atoms with Gasteiger partial charge in [0, 0.05) is 31.7 Å². The van der Waals surface area contributed by atoms with Crippen LogP contribution in [0.2, 0.25) is 0 Å². The molecule has 2 heterocycles. The zero-order chi connectivity index (χ0) is 12.4. The number of hydrogen-bond donors (Lipinski definition) is 2. The van der Waals surface area contributed by atoms with E-state index in [2.05, 4.69) is 4.98 Å². The molecule has 6 nitrogen and oxygen atoms in total. The van der Waals surface area contributed by atoms with E-state index in [1.165, 1.54) is 11.0 Å². The first-order chi connectivity index (χ1) is 8.08. The summed E-state index contributed by atoms with van der Waals surface area (Å²) in [5.41, 5.74) is -0.143. The summed E-state index contributed by atoms with van der Waals surface area (Å²) in [6.07, 6.45) is -0.890. The monoisotopic (exact) mass is 237 g/mol. The van der Waals surface area contributed by atoms with Crippen molar-refractivity contribution < 1.29 is 9.90 Å². The SMILES string of the molecule is CC1CN(c2cccc(=O)[nH]2)CCN1C(=O)O. The molecule has 6 heteroatoms. The smallest absolute Gasteiger partial charge is 0.407 e. The number of rotatable bonds is 1. The maximum atomic E-state index is 11.2. The Bertz CT molecular complexity index is 471. The number of H-pyrrole nitrogens is 1. The standard InChI is InChI=1S/C11H15N3O3/c1-8-7-13(5-6-14(8)11(16)17)9-3-2-4-10(15)12-9/h2-4,8H,5-7H2,1H3,(H,12,15)(H,16,17). The van der Waals surface area contributed by atoms with E-state index in [4.69, 9.17) is 5.11 Å². The van der Waals surface area contributed by atoms with Crippen LogP contribution in [-0.4, -0.2) is 46.8 Å². The highest BCUT2D eigenvalue weighted by molar-refractivity contribution is 5.66. The topological polar surface area (TPSA) is 76.6 Å². The number of nitrogens with one attached hydrogen (secondary N) is 1. The molecule has 1 atom stereocenters. The molecule has 17 heavy (non-hydrogen) atoms. The number of aromatic nitrogens is 1. The van der Waals surface area contributed by atoms with Crippen LogP contribution in [0, 0.1) is 0 Å². The Balaban J connectivity index is 2.12. The van der Waals surface area contributed by atoms with Gasteiger partial charge in [-0.1, -0.05) is 6.07 Å². The second-order valence-corrected chi connectivity index (χ2v) is 4.17. The van der Waals surface area contributed by atoms with E-state index in [9.17, 15) is 9.59 Å². The Labute approximate surface area is 98.5 Å². The summed E-state index contributed by atoms with van der Waals surface area (Å²) < 4.78 is 0. The summed E-state index contributed by atoms with van der Waals surface area (Å²) in [4.78, 5) is 28.3. The maximum Gasteiger partial charge on any atom is 0.407 e. The average Bonchev–Trinajstić information content (AvgIpc) is 2.28. The summed E-state index contributed by atoms with van der Waals surface area (Å²) in [5, 5.41) is 8.96. The van der Waals surface area contributed by atoms with E-state index in [1.807, 2.05) is 17.9 Å². The van der Waals surface area contributed by atoms with Crippen LogP contribution in [0.15, 0.2) is 23.0 Å². The minimum atomic E-state index is -0.890. The van der Waals surface area contributed by atoms with Gasteiger partial charge in [0.05, 0.1) is 0 Å². The summed E-state index contributed by atoms with van der Waals surface area (Å²) in [7, 11) is 0. The molecule has 1 aromatic rings. The van der Waals surface area contributed by atoms with Crippen molar-refractivity contribution in [3.63, 3.8) is 0 Å². The number of aromatic amines is 1. The Kier molecular flexibility index (Phi) is 3.03. The van der Waals surface area contributed by atoms with Crippen LogP contribution < -0.4 is 10.5 Å². The zero-order valence-electron chi connectivity index (χ0n) is 9.59. The summed E-state index contributed by atoms with van der Waals surface area (Å²) >= 11 is 0. The van der Waals surface area contributed by atoms with Crippen molar-refractivity contribution in [2.24, 2.45) is 0 Å². The molecule has 0 spiro atoms. The molecule has 0 aliphatic carbocycles. The second kappa shape index (κ2) is 4.48. The summed E-state index contributed by atoms with van der Waals surface area (Å²) in [5.74, 6) is 0.745. The lowest BCUT2D eigenvalue weighted by atomic mass is 10.2. The molecule has 92 valence electrons. The number of nitrogens with zero attached hydrogens (tertiary/aromatic N) is 2. The Morgan fingerprint density at radius 1 is 1.47 bits per heavy atom. The normalized spacial score (nSPS) is 20.4. The van der Waals surface area contributed by atoms with Gasteiger partial charge in [-0.3, -0.25) is 4.79 Å². The van der Waals surface area contributed by atoms with Crippen LogP contribution in [0.25, 0.3) is 0 Å². The first-order valence-corrected chi connectivity index (χ1v) is 5.52. The summed E-state index contributed by atoms with van der Waals surface area (Å²) in [6, 6.07) is 4.90. The molecule has 0 aromatic carbocycles. The zero-order valence-corrected chi connectivity index (χ0v) is 9.59. The molecule has 1 aliphatic rings. The number of amides is 1. The van der Waals surface area contributed by atoms with Crippen molar-refractivity contribution in [2.45, 2.75) is 13.0 Å². The van der Waals surface area contributed by atoms with Gasteiger partial charge in [0.1, 0.15) is 5.82 Å². The fraction of sp³-hybridized carbons (Fsp3) is 0.455. The molecule has 2 N–H and O–H groups in total. The van der Waals surface area contributed by atoms with Crippen LogP contribution in [0.5, 0.6) is 0 Å². The molecule has 0 saturated carbocycles. The molecule has 2 rings (SSSR count). The van der Waals surface area contributed by atoms with E-state index >= 15 is 0 Å². The Hall–Kier alpha value is -1.98.